The molecule has 25 heavy (non-hydrogen) atoms. The Morgan fingerprint density at radius 1 is 1.08 bits per heavy atom. The van der Waals surface area contributed by atoms with Crippen LogP contribution in [0.2, 0.25) is 4.34 Å². The molecule has 1 atom stereocenters. The highest BCUT2D eigenvalue weighted by Crippen LogP contribution is 2.39. The Hall–Kier alpha value is -0.440. The van der Waals surface area contributed by atoms with Crippen molar-refractivity contribution in [2.45, 2.75) is 16.4 Å². The lowest BCUT2D eigenvalue weighted by Gasteiger charge is -2.34. The molecule has 1 saturated heterocycles. The molecule has 1 aliphatic heterocycles. The van der Waals surface area contributed by atoms with E-state index in [9.17, 15) is 13.2 Å². The first kappa shape index (κ1) is 20.9. The highest BCUT2D eigenvalue weighted by Gasteiger charge is 2.30. The van der Waals surface area contributed by atoms with Gasteiger partial charge in [-0.3, -0.25) is 4.90 Å². The summed E-state index contributed by atoms with van der Waals surface area (Å²) in [6.07, 6.45) is 0. The molecular formula is C16H17Cl2F3N2S2. The predicted octanol–water partition coefficient (Wildman–Crippen LogP) is 5.43. The van der Waals surface area contributed by atoms with E-state index in [1.807, 2.05) is 12.1 Å². The lowest BCUT2D eigenvalue weighted by Crippen LogP contribution is -2.45. The molecule has 1 aliphatic rings. The largest absolute Gasteiger partial charge is 0.446 e. The Kier molecular flexibility index (Phi) is 7.49. The quantitative estimate of drug-likeness (QED) is 0.653. The summed E-state index contributed by atoms with van der Waals surface area (Å²) in [5.41, 5.74) is -3.28. The average molecular weight is 429 g/mol. The minimum Gasteiger partial charge on any atom is -0.314 e. The third kappa shape index (κ3) is 5.77. The topological polar surface area (TPSA) is 15.3 Å². The first-order chi connectivity index (χ1) is 11.4. The minimum atomic E-state index is -4.26. The molecule has 0 amide bonds. The zero-order chi connectivity index (χ0) is 17.2. The molecule has 0 spiro atoms. The van der Waals surface area contributed by atoms with Crippen molar-refractivity contribution in [2.75, 3.05) is 26.2 Å². The summed E-state index contributed by atoms with van der Waals surface area (Å²) in [4.78, 5) is 3.65. The van der Waals surface area contributed by atoms with Gasteiger partial charge in [-0.05, 0) is 41.6 Å². The van der Waals surface area contributed by atoms with Gasteiger partial charge in [0.05, 0.1) is 10.4 Å². The molecule has 0 bridgehead atoms. The van der Waals surface area contributed by atoms with Gasteiger partial charge in [0.1, 0.15) is 0 Å². The van der Waals surface area contributed by atoms with Crippen LogP contribution in [-0.2, 0) is 0 Å². The number of halogens is 5. The summed E-state index contributed by atoms with van der Waals surface area (Å²) in [7, 11) is 0. The maximum atomic E-state index is 12.5. The highest BCUT2D eigenvalue weighted by molar-refractivity contribution is 8.00. The number of hydrogen-bond donors (Lipinski definition) is 1. The van der Waals surface area contributed by atoms with Gasteiger partial charge in [-0.2, -0.15) is 13.2 Å². The van der Waals surface area contributed by atoms with Crippen LogP contribution in [0.3, 0.4) is 0 Å². The van der Waals surface area contributed by atoms with Crippen molar-refractivity contribution in [3.63, 3.8) is 0 Å². The van der Waals surface area contributed by atoms with E-state index in [4.69, 9.17) is 11.6 Å². The maximum Gasteiger partial charge on any atom is 0.446 e. The lowest BCUT2D eigenvalue weighted by molar-refractivity contribution is -0.0328. The molecule has 1 N–H and O–H groups in total. The summed E-state index contributed by atoms with van der Waals surface area (Å²) < 4.78 is 38.2. The summed E-state index contributed by atoms with van der Waals surface area (Å²) in [5.74, 6) is 0. The van der Waals surface area contributed by atoms with Gasteiger partial charge in [0, 0.05) is 36.0 Å². The normalized spacial score (nSPS) is 17.1. The molecule has 2 nitrogen and oxygen atoms in total. The van der Waals surface area contributed by atoms with Crippen molar-refractivity contribution >= 4 is 47.1 Å². The monoisotopic (exact) mass is 428 g/mol. The number of thioether (sulfide) groups is 1. The maximum absolute atomic E-state index is 12.5. The fraction of sp³-hybridized carbons (Fsp3) is 0.375. The van der Waals surface area contributed by atoms with E-state index in [-0.39, 0.29) is 35.1 Å². The van der Waals surface area contributed by atoms with Crippen molar-refractivity contribution in [1.82, 2.24) is 10.2 Å². The van der Waals surface area contributed by atoms with E-state index < -0.39 is 5.51 Å². The molecule has 1 aromatic heterocycles. The van der Waals surface area contributed by atoms with Gasteiger partial charge < -0.3 is 5.32 Å². The van der Waals surface area contributed by atoms with Crippen LogP contribution >= 0.6 is 47.1 Å². The standard InChI is InChI=1S/C16H16ClF3N2S2.ClH/c17-14-6-5-13(23-14)15(22-9-7-21-8-10-22)11-1-3-12(4-2-11)24-16(18,19)20;/h1-6,15,21H,7-10H2;1H/t15-;/m0./s1. The van der Waals surface area contributed by atoms with Crippen LogP contribution in [0.15, 0.2) is 41.3 Å². The molecule has 0 aliphatic carbocycles. The van der Waals surface area contributed by atoms with Crippen molar-refractivity contribution in [3.8, 4) is 0 Å². The number of nitrogens with one attached hydrogen (secondary N) is 1. The van der Waals surface area contributed by atoms with Crippen molar-refractivity contribution in [2.24, 2.45) is 0 Å². The second-order valence-electron chi connectivity index (χ2n) is 5.45. The SMILES string of the molecule is Cl.FC(F)(F)Sc1ccc([C@@H](c2ccc(Cl)s2)N2CCNCC2)cc1. The number of thiophene rings is 1. The Morgan fingerprint density at radius 3 is 2.24 bits per heavy atom. The highest BCUT2D eigenvalue weighted by atomic mass is 35.5. The fourth-order valence-corrected chi connectivity index (χ4v) is 4.59. The van der Waals surface area contributed by atoms with Crippen LogP contribution in [0, 0.1) is 0 Å². The van der Waals surface area contributed by atoms with Gasteiger partial charge in [0.2, 0.25) is 0 Å². The van der Waals surface area contributed by atoms with Crippen LogP contribution in [0.1, 0.15) is 16.5 Å². The molecule has 9 heteroatoms. The number of benzene rings is 1. The van der Waals surface area contributed by atoms with E-state index >= 15 is 0 Å². The van der Waals surface area contributed by atoms with Gasteiger partial charge in [-0.15, -0.1) is 23.7 Å². The summed E-state index contributed by atoms with van der Waals surface area (Å²) in [6.45, 7) is 3.58. The van der Waals surface area contributed by atoms with Crippen LogP contribution < -0.4 is 5.32 Å². The van der Waals surface area contributed by atoms with Gasteiger partial charge in [-0.25, -0.2) is 0 Å². The molecule has 1 aromatic carbocycles. The summed E-state index contributed by atoms with van der Waals surface area (Å²) >= 11 is 7.52. The Morgan fingerprint density at radius 2 is 1.72 bits per heavy atom. The third-order valence-corrected chi connectivity index (χ3v) is 5.83. The van der Waals surface area contributed by atoms with Crippen LogP contribution in [-0.4, -0.2) is 36.6 Å². The molecule has 0 radical (unpaired) electrons. The van der Waals surface area contributed by atoms with Gasteiger partial charge in [0.15, 0.2) is 0 Å². The first-order valence-electron chi connectivity index (χ1n) is 7.48. The van der Waals surface area contributed by atoms with Crippen molar-refractivity contribution in [3.05, 3.63) is 51.2 Å². The Labute approximate surface area is 164 Å². The first-order valence-corrected chi connectivity index (χ1v) is 9.49. The van der Waals surface area contributed by atoms with Crippen LogP contribution in [0.4, 0.5) is 13.2 Å². The molecule has 0 unspecified atom stereocenters. The van der Waals surface area contributed by atoms with Crippen LogP contribution in [0.5, 0.6) is 0 Å². The predicted molar refractivity (Wildman–Crippen MR) is 101 cm³/mol. The average Bonchev–Trinajstić information content (AvgIpc) is 2.95. The van der Waals surface area contributed by atoms with E-state index in [0.29, 0.717) is 0 Å². The molecule has 2 heterocycles. The van der Waals surface area contributed by atoms with Crippen molar-refractivity contribution in [1.29, 1.82) is 0 Å². The van der Waals surface area contributed by atoms with E-state index in [1.54, 1.807) is 12.1 Å². The molecule has 1 fully saturated rings. The molecular weight excluding hydrogens is 412 g/mol. The Balaban J connectivity index is 0.00000225. The van der Waals surface area contributed by atoms with Gasteiger partial charge in [-0.1, -0.05) is 23.7 Å². The third-order valence-electron chi connectivity index (χ3n) is 3.81. The number of alkyl halides is 3. The molecule has 3 rings (SSSR count). The molecule has 2 aromatic rings. The van der Waals surface area contributed by atoms with Crippen LogP contribution in [0.25, 0.3) is 0 Å². The Bertz CT molecular complexity index is 671. The molecule has 138 valence electrons. The smallest absolute Gasteiger partial charge is 0.314 e. The minimum absolute atomic E-state index is 0. The zero-order valence-corrected chi connectivity index (χ0v) is 16.3. The summed E-state index contributed by atoms with van der Waals surface area (Å²) in [6, 6.07) is 10.5. The van der Waals surface area contributed by atoms with Gasteiger partial charge in [0.25, 0.3) is 0 Å². The second-order valence-corrected chi connectivity index (χ2v) is 8.33. The fourth-order valence-electron chi connectivity index (χ4n) is 2.82. The number of nitrogens with zero attached hydrogens (tertiary/aromatic N) is 1. The number of piperazine rings is 1. The number of hydrogen-bond acceptors (Lipinski definition) is 4. The number of rotatable bonds is 4. The molecule has 0 saturated carbocycles. The van der Waals surface area contributed by atoms with Gasteiger partial charge >= 0.3 is 5.51 Å². The zero-order valence-electron chi connectivity index (χ0n) is 13.1. The lowest BCUT2D eigenvalue weighted by atomic mass is 10.0. The second kappa shape index (κ2) is 8.97. The summed E-state index contributed by atoms with van der Waals surface area (Å²) in [5, 5.41) is 3.32. The van der Waals surface area contributed by atoms with E-state index in [2.05, 4.69) is 10.2 Å². The van der Waals surface area contributed by atoms with E-state index in [0.717, 1.165) is 41.0 Å². The van der Waals surface area contributed by atoms with E-state index in [1.165, 1.54) is 23.5 Å². The van der Waals surface area contributed by atoms with Crippen molar-refractivity contribution < 1.29 is 13.2 Å².